The van der Waals surface area contributed by atoms with E-state index in [1.54, 1.807) is 0 Å². The molecule has 5 nitrogen and oxygen atoms in total. The number of rotatable bonds is 8. The Bertz CT molecular complexity index is 2380. The molecule has 0 N–H and O–H groups in total. The first-order chi connectivity index (χ1) is 25.4. The Kier molecular flexibility index (Phi) is 10.3. The topological polar surface area (TPSA) is 36.7 Å². The second kappa shape index (κ2) is 15.3. The van der Waals surface area contributed by atoms with Gasteiger partial charge in [0.1, 0.15) is 0 Å². The number of imidazole rings is 1. The molecule has 0 aliphatic carbocycles. The van der Waals surface area contributed by atoms with Gasteiger partial charge >= 0.3 is 0 Å². The van der Waals surface area contributed by atoms with Gasteiger partial charge in [0, 0.05) is 39.4 Å². The van der Waals surface area contributed by atoms with Gasteiger partial charge < -0.3 is 14.5 Å². The molecule has 0 unspecified atom stereocenters. The van der Waals surface area contributed by atoms with E-state index in [1.165, 1.54) is 22.2 Å². The minimum absolute atomic E-state index is 0. The van der Waals surface area contributed by atoms with E-state index in [9.17, 15) is 0 Å². The van der Waals surface area contributed by atoms with Crippen LogP contribution in [-0.4, -0.2) is 22.1 Å². The summed E-state index contributed by atoms with van der Waals surface area (Å²) in [5.74, 6) is 1.76. The van der Waals surface area contributed by atoms with E-state index in [0.29, 0.717) is 0 Å². The van der Waals surface area contributed by atoms with Crippen LogP contribution in [0.4, 0.5) is 11.4 Å². The van der Waals surface area contributed by atoms with E-state index in [-0.39, 0.29) is 27.8 Å². The molecule has 53 heavy (non-hydrogen) atoms. The third-order valence-corrected chi connectivity index (χ3v) is 9.81. The van der Waals surface area contributed by atoms with Crippen molar-refractivity contribution in [1.82, 2.24) is 9.55 Å². The Morgan fingerprint density at radius 1 is 0.642 bits per heavy atom. The van der Waals surface area contributed by atoms with Crippen molar-refractivity contribution in [3.8, 4) is 33.9 Å². The zero-order valence-corrected chi connectivity index (χ0v) is 32.8. The Balaban J connectivity index is 0.00000435. The first kappa shape index (κ1) is 35.9. The number of hydrogen-bond donors (Lipinski definition) is 0. The van der Waals surface area contributed by atoms with Gasteiger partial charge in [-0.25, -0.2) is 0 Å². The molecule has 1 aliphatic rings. The fourth-order valence-electron chi connectivity index (χ4n) is 7.53. The summed E-state index contributed by atoms with van der Waals surface area (Å²) in [7, 11) is 2.11. The monoisotopic (exact) mass is 867 g/mol. The molecule has 0 atom stereocenters. The molecule has 0 amide bonds. The second-order valence-corrected chi connectivity index (χ2v) is 13.5. The van der Waals surface area contributed by atoms with Gasteiger partial charge in [0.2, 0.25) is 0 Å². The maximum Gasteiger partial charge on any atom is 0.198 e. The van der Waals surface area contributed by atoms with E-state index >= 15 is 0 Å². The van der Waals surface area contributed by atoms with Gasteiger partial charge in [0.25, 0.3) is 0 Å². The molecule has 8 rings (SSSR count). The molecule has 0 spiro atoms. The molecule has 0 radical (unpaired) electrons. The van der Waals surface area contributed by atoms with Crippen molar-refractivity contribution < 1.29 is 21.1 Å². The molecular formula is C46H39BN5Pt-3. The summed E-state index contributed by atoms with van der Waals surface area (Å²) in [6, 6.07) is 56.3. The molecule has 0 saturated carbocycles. The predicted octanol–water partition coefficient (Wildman–Crippen LogP) is 8.24. The molecule has 2 heterocycles. The van der Waals surface area contributed by atoms with Crippen molar-refractivity contribution in [1.29, 1.82) is 0 Å². The summed E-state index contributed by atoms with van der Waals surface area (Å²) in [4.78, 5) is 7.42. The van der Waals surface area contributed by atoms with Gasteiger partial charge in [0.15, 0.2) is 6.71 Å². The summed E-state index contributed by atoms with van der Waals surface area (Å²) >= 11 is 0. The summed E-state index contributed by atoms with van der Waals surface area (Å²) < 4.78 is 2.21. The molecule has 7 aromatic rings. The van der Waals surface area contributed by atoms with E-state index in [1.807, 2.05) is 42.9 Å². The average molecular weight is 868 g/mol. The van der Waals surface area contributed by atoms with Crippen molar-refractivity contribution in [3.63, 3.8) is 0 Å². The van der Waals surface area contributed by atoms with E-state index < -0.39 is 0 Å². The van der Waals surface area contributed by atoms with E-state index in [4.69, 9.17) is 10.1 Å². The van der Waals surface area contributed by atoms with Crippen LogP contribution < -0.4 is 26.3 Å². The van der Waals surface area contributed by atoms with E-state index in [0.717, 1.165) is 62.0 Å². The normalized spacial score (nSPS) is 12.4. The van der Waals surface area contributed by atoms with Gasteiger partial charge in [-0.15, -0.1) is 42.6 Å². The number of anilines is 2. The smallest absolute Gasteiger partial charge is 0.198 e. The standard InChI is InChI=1S/C46H39BN5.Pt/c1-32-27-33(2)43(34(3)28-32)47(40-23-16-26-42(30-40)52-31-51(35(4)49-52)41-24-13-8-14-25-41)39-22-15-21-38(29-39)46-48-44(36-17-9-6-10-18-36)45(50(46)5)37-19-11-7-12-20-37;/h6-28,31H,1-5H3;/q-3;. The van der Waals surface area contributed by atoms with Crippen molar-refractivity contribution in [3.05, 3.63) is 175 Å². The Morgan fingerprint density at radius 3 is 1.89 bits per heavy atom. The third-order valence-electron chi connectivity index (χ3n) is 9.81. The molecule has 0 bridgehead atoms. The number of aryl methyl sites for hydroxylation is 3. The zero-order chi connectivity index (χ0) is 35.8. The van der Waals surface area contributed by atoms with Crippen LogP contribution in [0.3, 0.4) is 0 Å². The van der Waals surface area contributed by atoms with Crippen LogP contribution in [0.25, 0.3) is 33.9 Å². The summed E-state index contributed by atoms with van der Waals surface area (Å²) in [6.07, 6.45) is 0. The van der Waals surface area contributed by atoms with Gasteiger partial charge in [-0.05, 0) is 45.4 Å². The van der Waals surface area contributed by atoms with Gasteiger partial charge in [-0.1, -0.05) is 119 Å². The third kappa shape index (κ3) is 7.04. The van der Waals surface area contributed by atoms with Crippen LogP contribution in [0.15, 0.2) is 145 Å². The zero-order valence-electron chi connectivity index (χ0n) is 30.5. The minimum atomic E-state index is -0.124. The first-order valence-electron chi connectivity index (χ1n) is 17.7. The molecule has 6 aromatic carbocycles. The number of amidine groups is 1. The number of nitrogens with zero attached hydrogens (tertiary/aromatic N) is 5. The number of hydrogen-bond acceptors (Lipinski definition) is 4. The molecular weight excluding hydrogens is 828 g/mol. The largest absolute Gasteiger partial charge is 0.460 e. The van der Waals surface area contributed by atoms with Crippen LogP contribution in [0.2, 0.25) is 0 Å². The summed E-state index contributed by atoms with van der Waals surface area (Å²) in [5.41, 5.74) is 14.2. The number of para-hydroxylation sites is 1. The quantitative estimate of drug-likeness (QED) is 0.114. The van der Waals surface area contributed by atoms with Crippen LogP contribution in [0.1, 0.15) is 23.6 Å². The Hall–Kier alpha value is -5.45. The number of benzene rings is 6. The number of hydrazone groups is 1. The maximum atomic E-state index is 5.32. The maximum absolute atomic E-state index is 5.32. The van der Waals surface area contributed by atoms with Crippen LogP contribution in [0, 0.1) is 39.6 Å². The first-order valence-corrected chi connectivity index (χ1v) is 17.7. The Labute approximate surface area is 328 Å². The van der Waals surface area contributed by atoms with Crippen molar-refractivity contribution in [2.75, 3.05) is 9.91 Å². The average Bonchev–Trinajstić information content (AvgIpc) is 3.74. The molecule has 264 valence electrons. The molecule has 1 aliphatic heterocycles. The van der Waals surface area contributed by atoms with Crippen LogP contribution in [-0.2, 0) is 28.1 Å². The second-order valence-electron chi connectivity index (χ2n) is 13.5. The predicted molar refractivity (Wildman–Crippen MR) is 218 cm³/mol. The number of aromatic nitrogens is 2. The molecule has 0 saturated heterocycles. The van der Waals surface area contributed by atoms with E-state index in [2.05, 4.69) is 165 Å². The fourth-order valence-corrected chi connectivity index (χ4v) is 7.53. The van der Waals surface area contributed by atoms with Gasteiger partial charge in [0.05, 0.1) is 23.0 Å². The van der Waals surface area contributed by atoms with Crippen molar-refractivity contribution in [2.45, 2.75) is 27.7 Å². The summed E-state index contributed by atoms with van der Waals surface area (Å²) in [5, 5.41) is 6.82. The molecule has 7 heteroatoms. The minimum Gasteiger partial charge on any atom is -0.460 e. The van der Waals surface area contributed by atoms with Crippen LogP contribution >= 0.6 is 0 Å². The molecule has 0 fully saturated rings. The molecule has 1 aromatic heterocycles. The SMILES string of the molecule is CC1=NN(c2[c-]c(B(c3[c-]c(-c4nc(-c5ccccc5)c(-c5ccccc5)n4C)ccc3)c3c(C)cc(C)cc3C)ccc2)[CH-]N1c1ccccc1.[Pt]. The van der Waals surface area contributed by atoms with Gasteiger partial charge in [-0.2, -0.15) is 34.2 Å². The van der Waals surface area contributed by atoms with Crippen LogP contribution in [0.5, 0.6) is 0 Å². The van der Waals surface area contributed by atoms with Crippen molar-refractivity contribution >= 4 is 40.3 Å². The van der Waals surface area contributed by atoms with Crippen molar-refractivity contribution in [2.24, 2.45) is 12.1 Å². The Morgan fingerprint density at radius 2 is 1.23 bits per heavy atom. The summed E-state index contributed by atoms with van der Waals surface area (Å²) in [6.45, 7) is 10.5. The van der Waals surface area contributed by atoms with Gasteiger partial charge in [-0.3, -0.25) is 4.98 Å². The fraction of sp³-hybridized carbons (Fsp3) is 0.109.